The Kier molecular flexibility index (Phi) is 11.1. The first kappa shape index (κ1) is 27.3. The molecule has 0 aromatic heterocycles. The molecule has 11 heteroatoms. The minimum atomic E-state index is -1.16. The van der Waals surface area contributed by atoms with Crippen LogP contribution in [0, 0.1) is 11.8 Å². The molecule has 0 bridgehead atoms. The molecule has 1 aliphatic rings. The van der Waals surface area contributed by atoms with E-state index in [1.807, 2.05) is 6.92 Å². The first-order valence-electron chi connectivity index (χ1n) is 11.1. The largest absolute Gasteiger partial charge is 0.480 e. The van der Waals surface area contributed by atoms with Crippen LogP contribution in [0.1, 0.15) is 59.8 Å². The number of nitrogens with two attached hydrogens (primary N) is 1. The molecule has 32 heavy (non-hydrogen) atoms. The van der Waals surface area contributed by atoms with Crippen molar-refractivity contribution in [2.75, 3.05) is 6.54 Å². The number of carboxylic acids is 1. The van der Waals surface area contributed by atoms with Gasteiger partial charge in [0, 0.05) is 6.42 Å². The standard InChI is InChI=1S/C21H37N5O6/c1-5-12(4)17(21(31)32)26-20(30)16(11(2)3)25-19(29)14(8-9-15(22)27)24-18(28)13-7-6-10-23-13/h11-14,16-17,23H,5-10H2,1-4H3,(H2,22,27)(H,24,28)(H,25,29)(H,26,30)(H,31,32). The van der Waals surface area contributed by atoms with Crippen LogP contribution < -0.4 is 27.0 Å². The van der Waals surface area contributed by atoms with Gasteiger partial charge in [0.1, 0.15) is 18.1 Å². The zero-order valence-corrected chi connectivity index (χ0v) is 19.3. The average Bonchev–Trinajstić information content (AvgIpc) is 3.26. The summed E-state index contributed by atoms with van der Waals surface area (Å²) in [7, 11) is 0. The number of aliphatic carboxylic acids is 1. The highest BCUT2D eigenvalue weighted by Crippen LogP contribution is 2.11. The Balaban J connectivity index is 2.92. The van der Waals surface area contributed by atoms with Crippen molar-refractivity contribution in [3.05, 3.63) is 0 Å². The van der Waals surface area contributed by atoms with Gasteiger partial charge in [0.05, 0.1) is 6.04 Å². The van der Waals surface area contributed by atoms with Crippen LogP contribution in [0.4, 0.5) is 0 Å². The van der Waals surface area contributed by atoms with Gasteiger partial charge >= 0.3 is 5.97 Å². The molecule has 1 aliphatic heterocycles. The lowest BCUT2D eigenvalue weighted by Gasteiger charge is -2.28. The number of carbonyl (C=O) groups excluding carboxylic acids is 4. The highest BCUT2D eigenvalue weighted by molar-refractivity contribution is 5.94. The van der Waals surface area contributed by atoms with Crippen LogP contribution in [0.25, 0.3) is 0 Å². The SMILES string of the molecule is CCC(C)C(NC(=O)C(NC(=O)C(CCC(N)=O)NC(=O)C1CCCN1)C(C)C)C(=O)O. The van der Waals surface area contributed by atoms with Crippen molar-refractivity contribution in [1.29, 1.82) is 0 Å². The molecule has 7 N–H and O–H groups in total. The molecule has 1 heterocycles. The van der Waals surface area contributed by atoms with Gasteiger partial charge in [0.25, 0.3) is 0 Å². The van der Waals surface area contributed by atoms with E-state index in [0.717, 1.165) is 6.42 Å². The summed E-state index contributed by atoms with van der Waals surface area (Å²) in [6.07, 6.45) is 1.89. The summed E-state index contributed by atoms with van der Waals surface area (Å²) in [4.78, 5) is 61.0. The van der Waals surface area contributed by atoms with Crippen molar-refractivity contribution < 1.29 is 29.1 Å². The maximum absolute atomic E-state index is 12.9. The van der Waals surface area contributed by atoms with Crippen LogP contribution in [-0.2, 0) is 24.0 Å². The Morgan fingerprint density at radius 1 is 1.03 bits per heavy atom. The molecule has 4 amide bonds. The van der Waals surface area contributed by atoms with E-state index in [1.165, 1.54) is 0 Å². The number of primary amides is 1. The molecular formula is C21H37N5O6. The fourth-order valence-corrected chi connectivity index (χ4v) is 3.45. The molecule has 1 fully saturated rings. The third kappa shape index (κ3) is 8.45. The van der Waals surface area contributed by atoms with Gasteiger partial charge in [-0.15, -0.1) is 0 Å². The van der Waals surface area contributed by atoms with E-state index >= 15 is 0 Å². The number of hydrogen-bond acceptors (Lipinski definition) is 6. The van der Waals surface area contributed by atoms with Crippen molar-refractivity contribution >= 4 is 29.6 Å². The Hall–Kier alpha value is -2.69. The van der Waals surface area contributed by atoms with Crippen molar-refractivity contribution in [3.63, 3.8) is 0 Å². The van der Waals surface area contributed by atoms with Gasteiger partial charge in [-0.05, 0) is 37.6 Å². The van der Waals surface area contributed by atoms with Crippen molar-refractivity contribution in [2.24, 2.45) is 17.6 Å². The number of nitrogens with one attached hydrogen (secondary N) is 4. The summed E-state index contributed by atoms with van der Waals surface area (Å²) >= 11 is 0. The fraction of sp³-hybridized carbons (Fsp3) is 0.762. The molecule has 5 atom stereocenters. The number of carboxylic acid groups (broad SMARTS) is 1. The Bertz CT molecular complexity index is 692. The monoisotopic (exact) mass is 455 g/mol. The van der Waals surface area contributed by atoms with Crippen LogP contribution in [0.2, 0.25) is 0 Å². The predicted octanol–water partition coefficient (Wildman–Crippen LogP) is -0.755. The zero-order chi connectivity index (χ0) is 24.4. The van der Waals surface area contributed by atoms with Crippen LogP contribution in [0.5, 0.6) is 0 Å². The fourth-order valence-electron chi connectivity index (χ4n) is 3.45. The van der Waals surface area contributed by atoms with Crippen molar-refractivity contribution in [2.45, 2.75) is 84.0 Å². The maximum Gasteiger partial charge on any atom is 0.326 e. The van der Waals surface area contributed by atoms with Gasteiger partial charge in [0.2, 0.25) is 23.6 Å². The molecule has 1 saturated heterocycles. The van der Waals surface area contributed by atoms with Gasteiger partial charge in [-0.3, -0.25) is 19.2 Å². The first-order chi connectivity index (χ1) is 15.0. The Morgan fingerprint density at radius 2 is 1.66 bits per heavy atom. The molecule has 0 aromatic carbocycles. The second kappa shape index (κ2) is 13.0. The third-order valence-corrected chi connectivity index (χ3v) is 5.71. The van der Waals surface area contributed by atoms with E-state index in [-0.39, 0.29) is 30.6 Å². The van der Waals surface area contributed by atoms with E-state index in [4.69, 9.17) is 5.73 Å². The summed E-state index contributed by atoms with van der Waals surface area (Å²) in [5, 5.41) is 20.2. The molecular weight excluding hydrogens is 418 g/mol. The predicted molar refractivity (Wildman–Crippen MR) is 117 cm³/mol. The Morgan fingerprint density at radius 3 is 2.12 bits per heavy atom. The topological polar surface area (TPSA) is 180 Å². The van der Waals surface area contributed by atoms with Crippen molar-refractivity contribution in [3.8, 4) is 0 Å². The van der Waals surface area contributed by atoms with Crippen molar-refractivity contribution in [1.82, 2.24) is 21.3 Å². The minimum absolute atomic E-state index is 0.0172. The van der Waals surface area contributed by atoms with E-state index in [9.17, 15) is 29.1 Å². The van der Waals surface area contributed by atoms with Crippen LogP contribution in [0.15, 0.2) is 0 Å². The summed E-state index contributed by atoms with van der Waals surface area (Å²) < 4.78 is 0. The lowest BCUT2D eigenvalue weighted by Crippen LogP contribution is -2.59. The molecule has 1 rings (SSSR count). The number of carbonyl (C=O) groups is 5. The molecule has 182 valence electrons. The number of hydrogen-bond donors (Lipinski definition) is 6. The lowest BCUT2D eigenvalue weighted by atomic mass is 9.97. The first-order valence-corrected chi connectivity index (χ1v) is 11.1. The summed E-state index contributed by atoms with van der Waals surface area (Å²) in [6, 6.07) is -3.60. The molecule has 11 nitrogen and oxygen atoms in total. The number of amides is 4. The van der Waals surface area contributed by atoms with Gasteiger partial charge < -0.3 is 32.1 Å². The summed E-state index contributed by atoms with van der Waals surface area (Å²) in [5.41, 5.74) is 5.20. The third-order valence-electron chi connectivity index (χ3n) is 5.71. The number of rotatable bonds is 13. The molecule has 0 aliphatic carbocycles. The van der Waals surface area contributed by atoms with Gasteiger partial charge in [-0.25, -0.2) is 4.79 Å². The van der Waals surface area contributed by atoms with E-state index in [1.54, 1.807) is 20.8 Å². The molecule has 0 radical (unpaired) electrons. The van der Waals surface area contributed by atoms with E-state index in [0.29, 0.717) is 19.4 Å². The summed E-state index contributed by atoms with van der Waals surface area (Å²) in [5.74, 6) is -4.05. The quantitative estimate of drug-likeness (QED) is 0.211. The molecule has 0 aromatic rings. The molecule has 0 saturated carbocycles. The van der Waals surface area contributed by atoms with Crippen LogP contribution >= 0.6 is 0 Å². The molecule has 5 unspecified atom stereocenters. The van der Waals surface area contributed by atoms with E-state index in [2.05, 4.69) is 21.3 Å². The van der Waals surface area contributed by atoms with Gasteiger partial charge in [-0.1, -0.05) is 34.1 Å². The maximum atomic E-state index is 12.9. The highest BCUT2D eigenvalue weighted by atomic mass is 16.4. The lowest BCUT2D eigenvalue weighted by molar-refractivity contribution is -0.144. The second-order valence-corrected chi connectivity index (χ2v) is 8.66. The minimum Gasteiger partial charge on any atom is -0.480 e. The summed E-state index contributed by atoms with van der Waals surface area (Å²) in [6.45, 7) is 7.66. The Labute approximate surface area is 188 Å². The van der Waals surface area contributed by atoms with E-state index < -0.39 is 47.9 Å². The smallest absolute Gasteiger partial charge is 0.326 e. The molecule has 0 spiro atoms. The highest BCUT2D eigenvalue weighted by Gasteiger charge is 2.33. The van der Waals surface area contributed by atoms with Crippen LogP contribution in [0.3, 0.4) is 0 Å². The normalized spacial score (nSPS) is 19.5. The van der Waals surface area contributed by atoms with Gasteiger partial charge in [0.15, 0.2) is 0 Å². The second-order valence-electron chi connectivity index (χ2n) is 8.66. The zero-order valence-electron chi connectivity index (χ0n) is 19.3. The van der Waals surface area contributed by atoms with Crippen LogP contribution in [-0.4, -0.2) is 65.4 Å². The van der Waals surface area contributed by atoms with Gasteiger partial charge in [-0.2, -0.15) is 0 Å². The average molecular weight is 456 g/mol.